The van der Waals surface area contributed by atoms with Crippen LogP contribution in [0.3, 0.4) is 0 Å². The van der Waals surface area contributed by atoms with Crippen molar-refractivity contribution >= 4 is 15.9 Å². The van der Waals surface area contributed by atoms with Gasteiger partial charge in [0.2, 0.25) is 15.9 Å². The molecule has 0 atom stereocenters. The van der Waals surface area contributed by atoms with Crippen molar-refractivity contribution in [3.63, 3.8) is 0 Å². The van der Waals surface area contributed by atoms with Crippen LogP contribution in [0.2, 0.25) is 0 Å². The lowest BCUT2D eigenvalue weighted by Gasteiger charge is -2.22. The van der Waals surface area contributed by atoms with E-state index >= 15 is 0 Å². The SMILES string of the molecule is Cc1ccc(C)c(S(=O)(=O)NCCC(=O)N(CCC#N)Cc2cccnc2)c1. The Kier molecular flexibility index (Phi) is 7.67. The van der Waals surface area contributed by atoms with Crippen molar-refractivity contribution < 1.29 is 13.2 Å². The molecule has 0 bridgehead atoms. The Balaban J connectivity index is 1.99. The Morgan fingerprint density at radius 2 is 2.07 bits per heavy atom. The van der Waals surface area contributed by atoms with E-state index in [1.807, 2.05) is 25.1 Å². The Bertz CT molecular complexity index is 953. The number of carbonyl (C=O) groups excluding carboxylic acids is 1. The van der Waals surface area contributed by atoms with E-state index < -0.39 is 10.0 Å². The zero-order valence-electron chi connectivity index (χ0n) is 16.1. The first-order valence-corrected chi connectivity index (χ1v) is 10.4. The molecule has 1 N–H and O–H groups in total. The fourth-order valence-corrected chi connectivity index (χ4v) is 4.07. The van der Waals surface area contributed by atoms with Crippen LogP contribution in [0.25, 0.3) is 0 Å². The third-order valence-electron chi connectivity index (χ3n) is 4.21. The normalized spacial score (nSPS) is 11.0. The van der Waals surface area contributed by atoms with E-state index in [0.717, 1.165) is 11.1 Å². The van der Waals surface area contributed by atoms with Crippen LogP contribution in [0, 0.1) is 25.2 Å². The highest BCUT2D eigenvalue weighted by atomic mass is 32.2. The molecule has 1 aromatic heterocycles. The van der Waals surface area contributed by atoms with E-state index in [2.05, 4.69) is 9.71 Å². The first-order chi connectivity index (χ1) is 13.3. The number of aromatic nitrogens is 1. The molecule has 0 unspecified atom stereocenters. The molecule has 7 nitrogen and oxygen atoms in total. The van der Waals surface area contributed by atoms with Crippen molar-refractivity contribution in [3.05, 3.63) is 59.4 Å². The number of nitrogens with zero attached hydrogens (tertiary/aromatic N) is 3. The molecule has 1 aromatic carbocycles. The Morgan fingerprint density at radius 1 is 1.29 bits per heavy atom. The summed E-state index contributed by atoms with van der Waals surface area (Å²) in [6, 6.07) is 10.9. The zero-order chi connectivity index (χ0) is 20.6. The van der Waals surface area contributed by atoms with Crippen molar-refractivity contribution in [1.29, 1.82) is 5.26 Å². The van der Waals surface area contributed by atoms with E-state index in [9.17, 15) is 13.2 Å². The first kappa shape index (κ1) is 21.5. The molecular weight excluding hydrogens is 376 g/mol. The third kappa shape index (κ3) is 6.15. The van der Waals surface area contributed by atoms with Crippen molar-refractivity contribution in [2.75, 3.05) is 13.1 Å². The third-order valence-corrected chi connectivity index (χ3v) is 5.81. The molecule has 2 aromatic rings. The summed E-state index contributed by atoms with van der Waals surface area (Å²) in [7, 11) is -3.69. The van der Waals surface area contributed by atoms with Crippen LogP contribution < -0.4 is 4.72 Å². The van der Waals surface area contributed by atoms with E-state index in [-0.39, 0.29) is 36.7 Å². The quantitative estimate of drug-likeness (QED) is 0.696. The fraction of sp³-hybridized carbons (Fsp3) is 0.350. The van der Waals surface area contributed by atoms with Crippen LogP contribution in [0.4, 0.5) is 0 Å². The van der Waals surface area contributed by atoms with E-state index in [4.69, 9.17) is 5.26 Å². The maximum Gasteiger partial charge on any atom is 0.240 e. The number of amides is 1. The van der Waals surface area contributed by atoms with Gasteiger partial charge in [-0.15, -0.1) is 0 Å². The fourth-order valence-electron chi connectivity index (χ4n) is 2.71. The summed E-state index contributed by atoms with van der Waals surface area (Å²) in [6.07, 6.45) is 3.53. The summed E-state index contributed by atoms with van der Waals surface area (Å²) >= 11 is 0. The minimum atomic E-state index is -3.69. The average Bonchev–Trinajstić information content (AvgIpc) is 2.67. The molecule has 1 heterocycles. The number of nitrogens with one attached hydrogen (secondary N) is 1. The van der Waals surface area contributed by atoms with Gasteiger partial charge in [-0.25, -0.2) is 13.1 Å². The Morgan fingerprint density at radius 3 is 2.75 bits per heavy atom. The second-order valence-electron chi connectivity index (χ2n) is 6.50. The molecule has 0 radical (unpaired) electrons. The number of hydrogen-bond donors (Lipinski definition) is 1. The largest absolute Gasteiger partial charge is 0.337 e. The molecule has 0 aliphatic heterocycles. The van der Waals surface area contributed by atoms with Crippen LogP contribution in [-0.2, 0) is 21.4 Å². The summed E-state index contributed by atoms with van der Waals surface area (Å²) in [5, 5.41) is 8.83. The molecular formula is C20H24N4O3S. The van der Waals surface area contributed by atoms with Crippen LogP contribution >= 0.6 is 0 Å². The number of pyridine rings is 1. The number of rotatable bonds is 9. The van der Waals surface area contributed by atoms with Gasteiger partial charge in [-0.2, -0.15) is 5.26 Å². The molecule has 0 aliphatic carbocycles. The summed E-state index contributed by atoms with van der Waals surface area (Å²) in [4.78, 5) is 18.4. The molecule has 0 saturated carbocycles. The lowest BCUT2D eigenvalue weighted by Crippen LogP contribution is -2.35. The molecule has 2 rings (SSSR count). The summed E-state index contributed by atoms with van der Waals surface area (Å²) in [6.45, 7) is 4.17. The van der Waals surface area contributed by atoms with Crippen LogP contribution in [-0.4, -0.2) is 37.3 Å². The van der Waals surface area contributed by atoms with Gasteiger partial charge in [-0.05, 0) is 42.7 Å². The average molecular weight is 401 g/mol. The number of carbonyl (C=O) groups is 1. The maximum atomic E-state index is 12.6. The van der Waals surface area contributed by atoms with Gasteiger partial charge in [0.05, 0.1) is 17.4 Å². The topological polar surface area (TPSA) is 103 Å². The van der Waals surface area contributed by atoms with Gasteiger partial charge in [0.15, 0.2) is 0 Å². The van der Waals surface area contributed by atoms with E-state index in [0.29, 0.717) is 12.1 Å². The highest BCUT2D eigenvalue weighted by molar-refractivity contribution is 7.89. The molecule has 148 valence electrons. The number of sulfonamides is 1. The molecule has 0 fully saturated rings. The highest BCUT2D eigenvalue weighted by Gasteiger charge is 2.19. The van der Waals surface area contributed by atoms with Crippen molar-refractivity contribution in [3.8, 4) is 6.07 Å². The van der Waals surface area contributed by atoms with Crippen molar-refractivity contribution in [2.45, 2.75) is 38.1 Å². The van der Waals surface area contributed by atoms with Gasteiger partial charge in [-0.1, -0.05) is 18.2 Å². The Labute approximate surface area is 166 Å². The lowest BCUT2D eigenvalue weighted by atomic mass is 10.2. The monoisotopic (exact) mass is 400 g/mol. The summed E-state index contributed by atoms with van der Waals surface area (Å²) < 4.78 is 27.6. The lowest BCUT2D eigenvalue weighted by molar-refractivity contribution is -0.131. The van der Waals surface area contributed by atoms with Gasteiger partial charge in [-0.3, -0.25) is 9.78 Å². The van der Waals surface area contributed by atoms with Crippen molar-refractivity contribution in [1.82, 2.24) is 14.6 Å². The smallest absolute Gasteiger partial charge is 0.240 e. The minimum absolute atomic E-state index is 0.00928. The second-order valence-corrected chi connectivity index (χ2v) is 8.24. The standard InChI is InChI=1S/C20H24N4O3S/c1-16-6-7-17(2)19(13-16)28(26,27)23-11-8-20(25)24(12-4-9-21)15-18-5-3-10-22-14-18/h3,5-7,10,13-14,23H,4,8,11-12,15H2,1-2H3. The van der Waals surface area contributed by atoms with Crippen LogP contribution in [0.5, 0.6) is 0 Å². The summed E-state index contributed by atoms with van der Waals surface area (Å²) in [5.41, 5.74) is 2.35. The number of benzene rings is 1. The van der Waals surface area contributed by atoms with Gasteiger partial charge < -0.3 is 4.90 Å². The van der Waals surface area contributed by atoms with E-state index in [1.54, 1.807) is 42.4 Å². The predicted octanol–water partition coefficient (Wildman–Crippen LogP) is 2.31. The van der Waals surface area contributed by atoms with Gasteiger partial charge >= 0.3 is 0 Å². The van der Waals surface area contributed by atoms with Crippen LogP contribution in [0.1, 0.15) is 29.5 Å². The van der Waals surface area contributed by atoms with Gasteiger partial charge in [0, 0.05) is 38.4 Å². The molecule has 0 aliphatic rings. The van der Waals surface area contributed by atoms with Gasteiger partial charge in [0.25, 0.3) is 0 Å². The molecule has 0 spiro atoms. The maximum absolute atomic E-state index is 12.6. The zero-order valence-corrected chi connectivity index (χ0v) is 16.9. The molecule has 28 heavy (non-hydrogen) atoms. The predicted molar refractivity (Wildman–Crippen MR) is 106 cm³/mol. The highest BCUT2D eigenvalue weighted by Crippen LogP contribution is 2.16. The molecule has 1 amide bonds. The number of hydrogen-bond acceptors (Lipinski definition) is 5. The second kappa shape index (κ2) is 9.97. The molecule has 0 saturated heterocycles. The first-order valence-electron chi connectivity index (χ1n) is 8.94. The van der Waals surface area contributed by atoms with Crippen molar-refractivity contribution in [2.24, 2.45) is 0 Å². The number of aryl methyl sites for hydroxylation is 2. The number of nitriles is 1. The van der Waals surface area contributed by atoms with E-state index in [1.165, 1.54) is 0 Å². The Hall–Kier alpha value is -2.76. The summed E-state index contributed by atoms with van der Waals surface area (Å²) in [5.74, 6) is -0.220. The van der Waals surface area contributed by atoms with Crippen LogP contribution in [0.15, 0.2) is 47.6 Å². The molecule has 8 heteroatoms. The van der Waals surface area contributed by atoms with Gasteiger partial charge in [0.1, 0.15) is 0 Å². The minimum Gasteiger partial charge on any atom is -0.337 e.